The highest BCUT2D eigenvalue weighted by atomic mass is 16.2. The Bertz CT molecular complexity index is 280. The molecule has 1 saturated carbocycles. The second-order valence-electron chi connectivity index (χ2n) is 5.75. The van der Waals surface area contributed by atoms with Gasteiger partial charge in [0.1, 0.15) is 0 Å². The zero-order valence-corrected chi connectivity index (χ0v) is 11.1. The molecular formula is C13H25N3O. The molecule has 0 aromatic carbocycles. The minimum Gasteiger partial charge on any atom is -0.341 e. The standard InChI is InChI=1S/C13H25N3O/c1-15(2)10-7-8-16(9-10)13(17)11-5-3-4-6-12(11)14/h10-12H,3-9,14H2,1-2H3. The second kappa shape index (κ2) is 5.36. The molecule has 4 nitrogen and oxygen atoms in total. The summed E-state index contributed by atoms with van der Waals surface area (Å²) in [5.74, 6) is 0.395. The molecule has 0 spiro atoms. The van der Waals surface area contributed by atoms with Gasteiger partial charge in [-0.15, -0.1) is 0 Å². The van der Waals surface area contributed by atoms with Crippen LogP contribution in [0.25, 0.3) is 0 Å². The van der Waals surface area contributed by atoms with Gasteiger partial charge in [-0.1, -0.05) is 12.8 Å². The normalized spacial score (nSPS) is 34.4. The summed E-state index contributed by atoms with van der Waals surface area (Å²) in [6, 6.07) is 0.619. The van der Waals surface area contributed by atoms with Gasteiger partial charge in [0.15, 0.2) is 0 Å². The molecule has 3 unspecified atom stereocenters. The molecule has 2 aliphatic rings. The SMILES string of the molecule is CN(C)C1CCN(C(=O)C2CCCCC2N)C1. The Balaban J connectivity index is 1.92. The number of hydrogen-bond donors (Lipinski definition) is 1. The molecule has 0 bridgehead atoms. The smallest absolute Gasteiger partial charge is 0.227 e. The number of nitrogens with zero attached hydrogens (tertiary/aromatic N) is 2. The van der Waals surface area contributed by atoms with E-state index in [0.29, 0.717) is 11.9 Å². The largest absolute Gasteiger partial charge is 0.341 e. The van der Waals surface area contributed by atoms with E-state index >= 15 is 0 Å². The average molecular weight is 239 g/mol. The van der Waals surface area contributed by atoms with E-state index in [9.17, 15) is 4.79 Å². The van der Waals surface area contributed by atoms with Gasteiger partial charge in [0, 0.05) is 25.2 Å². The molecule has 1 aliphatic carbocycles. The van der Waals surface area contributed by atoms with Crippen molar-refractivity contribution in [1.29, 1.82) is 0 Å². The van der Waals surface area contributed by atoms with Crippen LogP contribution < -0.4 is 5.73 Å². The van der Waals surface area contributed by atoms with Crippen molar-refractivity contribution in [3.05, 3.63) is 0 Å². The summed E-state index contributed by atoms with van der Waals surface area (Å²) in [7, 11) is 4.18. The maximum Gasteiger partial charge on any atom is 0.227 e. The molecule has 1 saturated heterocycles. The Kier molecular flexibility index (Phi) is 4.05. The number of rotatable bonds is 2. The van der Waals surface area contributed by atoms with Gasteiger partial charge in [0.25, 0.3) is 0 Å². The van der Waals surface area contributed by atoms with Gasteiger partial charge in [-0.2, -0.15) is 0 Å². The van der Waals surface area contributed by atoms with Crippen LogP contribution in [0.3, 0.4) is 0 Å². The molecule has 17 heavy (non-hydrogen) atoms. The molecule has 4 heteroatoms. The zero-order valence-electron chi connectivity index (χ0n) is 11.1. The number of carbonyl (C=O) groups excluding carboxylic acids is 1. The molecule has 3 atom stereocenters. The number of hydrogen-bond acceptors (Lipinski definition) is 3. The number of likely N-dealkylation sites (N-methyl/N-ethyl adjacent to an activating group) is 1. The molecule has 1 heterocycles. The van der Waals surface area contributed by atoms with Gasteiger partial charge in [0.05, 0.1) is 5.92 Å². The zero-order chi connectivity index (χ0) is 12.4. The van der Waals surface area contributed by atoms with Gasteiger partial charge < -0.3 is 15.5 Å². The van der Waals surface area contributed by atoms with Crippen molar-refractivity contribution in [2.75, 3.05) is 27.2 Å². The third-order valence-electron chi connectivity index (χ3n) is 4.34. The van der Waals surface area contributed by atoms with Crippen LogP contribution in [0.5, 0.6) is 0 Å². The lowest BCUT2D eigenvalue weighted by Gasteiger charge is -2.31. The maximum absolute atomic E-state index is 12.4. The van der Waals surface area contributed by atoms with E-state index in [1.165, 1.54) is 6.42 Å². The Morgan fingerprint density at radius 2 is 1.94 bits per heavy atom. The molecule has 98 valence electrons. The van der Waals surface area contributed by atoms with Crippen LogP contribution in [0.1, 0.15) is 32.1 Å². The molecule has 2 fully saturated rings. The van der Waals surface area contributed by atoms with Crippen molar-refractivity contribution in [2.24, 2.45) is 11.7 Å². The highest BCUT2D eigenvalue weighted by molar-refractivity contribution is 5.80. The van der Waals surface area contributed by atoms with Crippen molar-refractivity contribution in [1.82, 2.24) is 9.80 Å². The van der Waals surface area contributed by atoms with E-state index in [4.69, 9.17) is 5.73 Å². The molecule has 0 aromatic heterocycles. The molecule has 1 aliphatic heterocycles. The van der Waals surface area contributed by atoms with Gasteiger partial charge in [-0.3, -0.25) is 4.79 Å². The third kappa shape index (κ3) is 2.80. The summed E-state index contributed by atoms with van der Waals surface area (Å²) in [5, 5.41) is 0. The van der Waals surface area contributed by atoms with Crippen LogP contribution >= 0.6 is 0 Å². The fraction of sp³-hybridized carbons (Fsp3) is 0.923. The number of carbonyl (C=O) groups is 1. The number of amides is 1. The third-order valence-corrected chi connectivity index (χ3v) is 4.34. The molecule has 2 N–H and O–H groups in total. The minimum absolute atomic E-state index is 0.0877. The molecule has 0 radical (unpaired) electrons. The first kappa shape index (κ1) is 12.8. The summed E-state index contributed by atoms with van der Waals surface area (Å²) in [4.78, 5) is 16.7. The summed E-state index contributed by atoms with van der Waals surface area (Å²) in [6.07, 6.45) is 5.45. The topological polar surface area (TPSA) is 49.6 Å². The van der Waals surface area contributed by atoms with Crippen molar-refractivity contribution in [3.8, 4) is 0 Å². The quantitative estimate of drug-likeness (QED) is 0.770. The van der Waals surface area contributed by atoms with Gasteiger partial charge in [-0.05, 0) is 33.4 Å². The van der Waals surface area contributed by atoms with Crippen LogP contribution in [-0.4, -0.2) is 55.0 Å². The van der Waals surface area contributed by atoms with Crippen LogP contribution in [0.15, 0.2) is 0 Å². The fourth-order valence-corrected chi connectivity index (χ4v) is 3.06. The predicted octanol–water partition coefficient (Wildman–Crippen LogP) is 0.666. The lowest BCUT2D eigenvalue weighted by atomic mass is 9.84. The Hall–Kier alpha value is -0.610. The van der Waals surface area contributed by atoms with Crippen molar-refractivity contribution in [3.63, 3.8) is 0 Å². The highest BCUT2D eigenvalue weighted by Crippen LogP contribution is 2.26. The van der Waals surface area contributed by atoms with Gasteiger partial charge in [0.2, 0.25) is 5.91 Å². The first-order valence-corrected chi connectivity index (χ1v) is 6.80. The van der Waals surface area contributed by atoms with Crippen LogP contribution in [0.4, 0.5) is 0 Å². The van der Waals surface area contributed by atoms with Crippen molar-refractivity contribution >= 4 is 5.91 Å². The van der Waals surface area contributed by atoms with Crippen molar-refractivity contribution < 1.29 is 4.79 Å². The van der Waals surface area contributed by atoms with Crippen LogP contribution in [-0.2, 0) is 4.79 Å². The van der Waals surface area contributed by atoms with E-state index in [2.05, 4.69) is 19.0 Å². The van der Waals surface area contributed by atoms with Crippen LogP contribution in [0.2, 0.25) is 0 Å². The Morgan fingerprint density at radius 3 is 2.53 bits per heavy atom. The van der Waals surface area contributed by atoms with Gasteiger partial charge in [-0.25, -0.2) is 0 Å². The minimum atomic E-state index is 0.0877. The van der Waals surface area contributed by atoms with Gasteiger partial charge >= 0.3 is 0 Å². The van der Waals surface area contributed by atoms with E-state index in [0.717, 1.165) is 38.8 Å². The van der Waals surface area contributed by atoms with Crippen LogP contribution in [0, 0.1) is 5.92 Å². The monoisotopic (exact) mass is 239 g/mol. The predicted molar refractivity (Wildman–Crippen MR) is 68.6 cm³/mol. The van der Waals surface area contributed by atoms with Crippen molar-refractivity contribution in [2.45, 2.75) is 44.2 Å². The van der Waals surface area contributed by atoms with E-state index in [-0.39, 0.29) is 12.0 Å². The second-order valence-corrected chi connectivity index (χ2v) is 5.75. The fourth-order valence-electron chi connectivity index (χ4n) is 3.06. The summed E-state index contributed by atoms with van der Waals surface area (Å²) < 4.78 is 0. The Morgan fingerprint density at radius 1 is 1.24 bits per heavy atom. The first-order chi connectivity index (χ1) is 8.09. The lowest BCUT2D eigenvalue weighted by Crippen LogP contribution is -2.45. The highest BCUT2D eigenvalue weighted by Gasteiger charge is 2.35. The molecular weight excluding hydrogens is 214 g/mol. The maximum atomic E-state index is 12.4. The summed E-state index contributed by atoms with van der Waals surface area (Å²) in [6.45, 7) is 1.79. The van der Waals surface area contributed by atoms with E-state index in [1.54, 1.807) is 0 Å². The van der Waals surface area contributed by atoms with E-state index in [1.807, 2.05) is 4.90 Å². The first-order valence-electron chi connectivity index (χ1n) is 6.80. The number of nitrogens with two attached hydrogens (primary N) is 1. The summed E-state index contributed by atoms with van der Waals surface area (Å²) >= 11 is 0. The van der Waals surface area contributed by atoms with E-state index < -0.39 is 0 Å². The molecule has 2 rings (SSSR count). The number of likely N-dealkylation sites (tertiary alicyclic amines) is 1. The summed E-state index contributed by atoms with van der Waals surface area (Å²) in [5.41, 5.74) is 6.08. The average Bonchev–Trinajstić information content (AvgIpc) is 2.78. The molecule has 1 amide bonds. The Labute approximate surface area is 104 Å². The molecule has 0 aromatic rings. The lowest BCUT2D eigenvalue weighted by molar-refractivity contribution is -0.136.